The highest BCUT2D eigenvalue weighted by molar-refractivity contribution is 7.98. The molecular weight excluding hydrogens is 288 g/mol. The van der Waals surface area contributed by atoms with E-state index in [1.165, 1.54) is 17.8 Å². The lowest BCUT2D eigenvalue weighted by Gasteiger charge is -2.06. The first-order valence-electron chi connectivity index (χ1n) is 6.30. The van der Waals surface area contributed by atoms with E-state index in [-0.39, 0.29) is 0 Å². The van der Waals surface area contributed by atoms with Crippen molar-refractivity contribution in [3.63, 3.8) is 0 Å². The maximum Gasteiger partial charge on any atom is 0.325 e. The smallest absolute Gasteiger partial charge is 0.310 e. The summed E-state index contributed by atoms with van der Waals surface area (Å²) in [5.41, 5.74) is 2.15. The summed E-state index contributed by atoms with van der Waals surface area (Å²) >= 11 is 1.44. The molecule has 0 aliphatic carbocycles. The highest BCUT2D eigenvalue weighted by atomic mass is 32.2. The molecule has 2 aromatic heterocycles. The van der Waals surface area contributed by atoms with Crippen LogP contribution in [0.25, 0.3) is 11.0 Å². The lowest BCUT2D eigenvalue weighted by atomic mass is 10.3. The number of thioether (sulfide) groups is 1. The van der Waals surface area contributed by atoms with Crippen molar-refractivity contribution >= 4 is 22.8 Å². The van der Waals surface area contributed by atoms with Gasteiger partial charge in [0.1, 0.15) is 5.03 Å². The van der Waals surface area contributed by atoms with Gasteiger partial charge in [0, 0.05) is 17.5 Å². The molecular formula is C14H12N4O2S. The predicted molar refractivity (Wildman–Crippen MR) is 81.5 cm³/mol. The van der Waals surface area contributed by atoms with Crippen molar-refractivity contribution in [1.29, 1.82) is 0 Å². The number of hydrogen-bond donors (Lipinski definition) is 2. The van der Waals surface area contributed by atoms with E-state index in [0.717, 1.165) is 21.8 Å². The van der Waals surface area contributed by atoms with Crippen LogP contribution in [0.2, 0.25) is 0 Å². The van der Waals surface area contributed by atoms with Gasteiger partial charge in [-0.25, -0.2) is 14.8 Å². The maximum atomic E-state index is 11.3. The Morgan fingerprint density at radius 2 is 1.81 bits per heavy atom. The van der Waals surface area contributed by atoms with Crippen LogP contribution in [-0.4, -0.2) is 19.9 Å². The molecule has 0 fully saturated rings. The van der Waals surface area contributed by atoms with Crippen LogP contribution in [-0.2, 0) is 5.75 Å². The van der Waals surface area contributed by atoms with Crippen LogP contribution in [0.15, 0.2) is 44.9 Å². The fourth-order valence-electron chi connectivity index (χ4n) is 1.95. The number of nitrogens with one attached hydrogen (secondary N) is 2. The number of nitrogens with zero attached hydrogens (tertiary/aromatic N) is 2. The molecule has 7 heteroatoms. The van der Waals surface area contributed by atoms with E-state index in [1.54, 1.807) is 0 Å². The van der Waals surface area contributed by atoms with Gasteiger partial charge in [0.15, 0.2) is 0 Å². The Bertz CT molecular complexity index is 888. The zero-order valence-electron chi connectivity index (χ0n) is 11.2. The SMILES string of the molecule is Cc1nc2ccccc2nc1SCc1cc(=O)[nH]c(=O)[nH]1. The lowest BCUT2D eigenvalue weighted by molar-refractivity contribution is 0.981. The van der Waals surface area contributed by atoms with E-state index in [9.17, 15) is 9.59 Å². The summed E-state index contributed by atoms with van der Waals surface area (Å²) in [6.45, 7) is 1.89. The van der Waals surface area contributed by atoms with Gasteiger partial charge >= 0.3 is 5.69 Å². The van der Waals surface area contributed by atoms with Crippen LogP contribution >= 0.6 is 11.8 Å². The topological polar surface area (TPSA) is 91.5 Å². The molecule has 21 heavy (non-hydrogen) atoms. The van der Waals surface area contributed by atoms with Crippen LogP contribution in [0.5, 0.6) is 0 Å². The van der Waals surface area contributed by atoms with Crippen LogP contribution < -0.4 is 11.2 Å². The normalized spacial score (nSPS) is 10.9. The van der Waals surface area contributed by atoms with Crippen LogP contribution in [0, 0.1) is 6.92 Å². The molecule has 3 aromatic rings. The van der Waals surface area contributed by atoms with Crippen molar-refractivity contribution in [2.45, 2.75) is 17.7 Å². The standard InChI is InChI=1S/C14H12N4O2S/c1-8-13(17-11-5-3-2-4-10(11)15-8)21-7-9-6-12(19)18-14(20)16-9/h2-6H,7H2,1H3,(H2,16,18,19,20). The number of H-pyrrole nitrogens is 2. The number of benzene rings is 1. The first kappa shape index (κ1) is 13.6. The first-order valence-corrected chi connectivity index (χ1v) is 7.29. The third-order valence-electron chi connectivity index (χ3n) is 2.88. The summed E-state index contributed by atoms with van der Waals surface area (Å²) in [4.78, 5) is 36.3. The van der Waals surface area contributed by atoms with Gasteiger partial charge in [-0.2, -0.15) is 0 Å². The minimum Gasteiger partial charge on any atom is -0.310 e. The molecule has 3 rings (SSSR count). The van der Waals surface area contributed by atoms with Crippen LogP contribution in [0.3, 0.4) is 0 Å². The summed E-state index contributed by atoms with van der Waals surface area (Å²) in [5, 5.41) is 0.787. The van der Waals surface area contributed by atoms with Crippen LogP contribution in [0.1, 0.15) is 11.4 Å². The molecule has 0 amide bonds. The van der Waals surface area contributed by atoms with E-state index >= 15 is 0 Å². The van der Waals surface area contributed by atoms with Gasteiger partial charge in [0.05, 0.1) is 16.7 Å². The van der Waals surface area contributed by atoms with Gasteiger partial charge in [0.2, 0.25) is 0 Å². The molecule has 0 saturated heterocycles. The second-order valence-corrected chi connectivity index (χ2v) is 5.47. The number of aromatic amines is 2. The summed E-state index contributed by atoms with van der Waals surface area (Å²) < 4.78 is 0. The molecule has 2 N–H and O–H groups in total. The van der Waals surface area contributed by atoms with Crippen molar-refractivity contribution in [2.75, 3.05) is 0 Å². The Kier molecular flexibility index (Phi) is 3.57. The predicted octanol–water partition coefficient (Wildman–Crippen LogP) is 1.61. The fraction of sp³-hybridized carbons (Fsp3) is 0.143. The Morgan fingerprint density at radius 1 is 1.10 bits per heavy atom. The van der Waals surface area contributed by atoms with E-state index < -0.39 is 11.2 Å². The van der Waals surface area contributed by atoms with E-state index in [4.69, 9.17) is 0 Å². The zero-order valence-corrected chi connectivity index (χ0v) is 12.0. The van der Waals surface area contributed by atoms with Crippen molar-refractivity contribution in [3.8, 4) is 0 Å². The monoisotopic (exact) mass is 300 g/mol. The quantitative estimate of drug-likeness (QED) is 0.717. The Morgan fingerprint density at radius 3 is 2.52 bits per heavy atom. The van der Waals surface area contributed by atoms with E-state index in [0.29, 0.717) is 11.4 Å². The van der Waals surface area contributed by atoms with Gasteiger partial charge < -0.3 is 4.98 Å². The summed E-state index contributed by atoms with van der Waals surface area (Å²) in [6, 6.07) is 9.02. The van der Waals surface area contributed by atoms with Crippen molar-refractivity contribution in [1.82, 2.24) is 19.9 Å². The third kappa shape index (κ3) is 3.03. The molecule has 1 aromatic carbocycles. The molecule has 0 radical (unpaired) electrons. The lowest BCUT2D eigenvalue weighted by Crippen LogP contribution is -2.22. The number of aromatic nitrogens is 4. The van der Waals surface area contributed by atoms with Crippen molar-refractivity contribution in [3.05, 3.63) is 62.6 Å². The van der Waals surface area contributed by atoms with Gasteiger partial charge in [-0.1, -0.05) is 23.9 Å². The highest BCUT2D eigenvalue weighted by Crippen LogP contribution is 2.24. The molecule has 0 atom stereocenters. The minimum absolute atomic E-state index is 0.407. The number of fused-ring (bicyclic) bond motifs is 1. The molecule has 2 heterocycles. The second kappa shape index (κ2) is 5.53. The summed E-state index contributed by atoms with van der Waals surface area (Å²) in [6.07, 6.45) is 0. The Hall–Kier alpha value is -2.41. The molecule has 0 unspecified atom stereocenters. The summed E-state index contributed by atoms with van der Waals surface area (Å²) in [5.74, 6) is 0.451. The van der Waals surface area contributed by atoms with Crippen LogP contribution in [0.4, 0.5) is 0 Å². The van der Waals surface area contributed by atoms with Gasteiger partial charge in [-0.15, -0.1) is 0 Å². The average Bonchev–Trinajstić information content (AvgIpc) is 2.44. The van der Waals surface area contributed by atoms with E-state index in [1.807, 2.05) is 31.2 Å². The second-order valence-electron chi connectivity index (χ2n) is 4.50. The van der Waals surface area contributed by atoms with Gasteiger partial charge in [-0.3, -0.25) is 9.78 Å². The van der Waals surface area contributed by atoms with E-state index in [2.05, 4.69) is 19.9 Å². The van der Waals surface area contributed by atoms with Gasteiger partial charge in [-0.05, 0) is 19.1 Å². The summed E-state index contributed by atoms with van der Waals surface area (Å²) in [7, 11) is 0. The fourth-order valence-corrected chi connectivity index (χ4v) is 2.82. The van der Waals surface area contributed by atoms with Gasteiger partial charge in [0.25, 0.3) is 5.56 Å². The first-order chi connectivity index (χ1) is 10.1. The molecule has 0 bridgehead atoms. The average molecular weight is 300 g/mol. The zero-order chi connectivity index (χ0) is 14.8. The van der Waals surface area contributed by atoms with Crippen molar-refractivity contribution in [2.24, 2.45) is 0 Å². The number of para-hydroxylation sites is 2. The molecule has 0 saturated carbocycles. The number of rotatable bonds is 3. The Balaban J connectivity index is 1.89. The Labute approximate surface area is 123 Å². The van der Waals surface area contributed by atoms with Crippen molar-refractivity contribution < 1.29 is 0 Å². The highest BCUT2D eigenvalue weighted by Gasteiger charge is 2.07. The third-order valence-corrected chi connectivity index (χ3v) is 4.00. The molecule has 0 spiro atoms. The maximum absolute atomic E-state index is 11.3. The molecule has 0 aliphatic rings. The number of hydrogen-bond acceptors (Lipinski definition) is 5. The largest absolute Gasteiger partial charge is 0.325 e. The molecule has 6 nitrogen and oxygen atoms in total. The number of aryl methyl sites for hydroxylation is 1. The minimum atomic E-state index is -0.501. The molecule has 0 aliphatic heterocycles. The molecule has 106 valence electrons.